The van der Waals surface area contributed by atoms with Crippen LogP contribution in [0.3, 0.4) is 0 Å². The van der Waals surface area contributed by atoms with Crippen molar-refractivity contribution in [3.63, 3.8) is 0 Å². The van der Waals surface area contributed by atoms with Crippen molar-refractivity contribution < 1.29 is 9.59 Å². The first-order valence-electron chi connectivity index (χ1n) is 8.96. The molecule has 0 saturated carbocycles. The Morgan fingerprint density at radius 1 is 1.30 bits per heavy atom. The van der Waals surface area contributed by atoms with E-state index in [-0.39, 0.29) is 24.4 Å². The third-order valence-electron chi connectivity index (χ3n) is 4.45. The van der Waals surface area contributed by atoms with E-state index in [2.05, 4.69) is 20.4 Å². The van der Waals surface area contributed by atoms with Gasteiger partial charge in [-0.2, -0.15) is 5.10 Å². The average molecular weight is 371 g/mol. The smallest absolute Gasteiger partial charge is 0.322 e. The van der Waals surface area contributed by atoms with Crippen LogP contribution in [0.4, 0.5) is 10.5 Å². The number of hydrogen-bond acceptors (Lipinski definition) is 5. The van der Waals surface area contributed by atoms with E-state index in [1.165, 1.54) is 15.8 Å². The Balaban J connectivity index is 1.63. The van der Waals surface area contributed by atoms with Gasteiger partial charge in [-0.1, -0.05) is 13.8 Å². The highest BCUT2D eigenvalue weighted by Gasteiger charge is 2.23. The summed E-state index contributed by atoms with van der Waals surface area (Å²) in [6.07, 6.45) is 5.80. The average Bonchev–Trinajstić information content (AvgIpc) is 3.07. The maximum Gasteiger partial charge on any atom is 0.322 e. The van der Waals surface area contributed by atoms with E-state index in [4.69, 9.17) is 0 Å². The molecule has 0 aromatic carbocycles. The molecule has 9 nitrogen and oxygen atoms in total. The van der Waals surface area contributed by atoms with Crippen LogP contribution in [0.1, 0.15) is 36.8 Å². The molecule has 2 aromatic heterocycles. The molecule has 3 rings (SSSR count). The molecule has 0 aliphatic carbocycles. The Hall–Kier alpha value is -2.97. The maximum absolute atomic E-state index is 12.6. The number of anilines is 1. The van der Waals surface area contributed by atoms with Gasteiger partial charge >= 0.3 is 6.03 Å². The summed E-state index contributed by atoms with van der Waals surface area (Å²) in [7, 11) is 3.38. The number of fused-ring (bicyclic) bond motifs is 1. The topological polar surface area (TPSA) is 96.2 Å². The van der Waals surface area contributed by atoms with Gasteiger partial charge in [-0.25, -0.2) is 14.8 Å². The molecule has 0 atom stereocenters. The van der Waals surface area contributed by atoms with Crippen LogP contribution in [0.5, 0.6) is 0 Å². The first-order chi connectivity index (χ1) is 12.8. The summed E-state index contributed by atoms with van der Waals surface area (Å²) < 4.78 is 1.51. The Kier molecular flexibility index (Phi) is 5.38. The van der Waals surface area contributed by atoms with Crippen molar-refractivity contribution in [1.82, 2.24) is 29.5 Å². The van der Waals surface area contributed by atoms with Gasteiger partial charge in [0.15, 0.2) is 0 Å². The van der Waals surface area contributed by atoms with Gasteiger partial charge in [0.1, 0.15) is 12.4 Å². The molecule has 2 aromatic rings. The molecule has 0 saturated heterocycles. The quantitative estimate of drug-likeness (QED) is 0.878. The van der Waals surface area contributed by atoms with Gasteiger partial charge in [-0.3, -0.25) is 9.48 Å². The van der Waals surface area contributed by atoms with Gasteiger partial charge in [-0.15, -0.1) is 0 Å². The van der Waals surface area contributed by atoms with Crippen molar-refractivity contribution >= 4 is 17.6 Å². The Bertz CT molecular complexity index is 844. The highest BCUT2D eigenvalue weighted by atomic mass is 16.2. The number of hydrogen-bond donors (Lipinski definition) is 1. The van der Waals surface area contributed by atoms with Crippen LogP contribution in [0.25, 0.3) is 0 Å². The second kappa shape index (κ2) is 7.73. The molecule has 0 bridgehead atoms. The molecule has 0 fully saturated rings. The minimum atomic E-state index is -0.205. The molecule has 0 unspecified atom stereocenters. The predicted molar refractivity (Wildman–Crippen MR) is 100 cm³/mol. The molecule has 9 heteroatoms. The van der Waals surface area contributed by atoms with E-state index >= 15 is 0 Å². The summed E-state index contributed by atoms with van der Waals surface area (Å²) in [6, 6.07) is -0.205. The largest absolute Gasteiger partial charge is 0.347 e. The molecule has 0 spiro atoms. The molecule has 1 N–H and O–H groups in total. The number of carbonyl (C=O) groups is 2. The number of nitrogens with zero attached hydrogens (tertiary/aromatic N) is 6. The zero-order valence-electron chi connectivity index (χ0n) is 16.1. The van der Waals surface area contributed by atoms with Crippen molar-refractivity contribution in [2.45, 2.75) is 39.3 Å². The highest BCUT2D eigenvalue weighted by Crippen LogP contribution is 2.19. The number of likely N-dealkylation sites (N-methyl/N-ethyl adjacent to an activating group) is 1. The number of nitrogens with one attached hydrogen (secondary N) is 1. The highest BCUT2D eigenvalue weighted by molar-refractivity contribution is 5.89. The number of urea groups is 1. The summed E-state index contributed by atoms with van der Waals surface area (Å²) in [5, 5.41) is 6.96. The second-order valence-electron chi connectivity index (χ2n) is 7.17. The first kappa shape index (κ1) is 18.8. The fraction of sp³-hybridized carbons (Fsp3) is 0.500. The molecular formula is C18H25N7O2. The number of carbonyl (C=O) groups excluding carboxylic acids is 2. The molecule has 144 valence electrons. The summed E-state index contributed by atoms with van der Waals surface area (Å²) in [5.41, 5.74) is 2.56. The lowest BCUT2D eigenvalue weighted by Crippen LogP contribution is -2.39. The summed E-state index contributed by atoms with van der Waals surface area (Å²) in [5.74, 6) is 0.974. The summed E-state index contributed by atoms with van der Waals surface area (Å²) >= 11 is 0. The van der Waals surface area contributed by atoms with Crippen LogP contribution in [-0.4, -0.2) is 62.1 Å². The van der Waals surface area contributed by atoms with E-state index < -0.39 is 0 Å². The second-order valence-corrected chi connectivity index (χ2v) is 7.17. The van der Waals surface area contributed by atoms with E-state index in [1.54, 1.807) is 25.2 Å². The monoisotopic (exact) mass is 371 g/mol. The van der Waals surface area contributed by atoms with Gasteiger partial charge in [0.25, 0.3) is 0 Å². The third-order valence-corrected chi connectivity index (χ3v) is 4.45. The molecule has 1 aliphatic heterocycles. The summed E-state index contributed by atoms with van der Waals surface area (Å²) in [4.78, 5) is 36.6. The Labute approximate surface area is 158 Å². The first-order valence-corrected chi connectivity index (χ1v) is 8.96. The Morgan fingerprint density at radius 3 is 2.78 bits per heavy atom. The van der Waals surface area contributed by atoms with Gasteiger partial charge in [0.05, 0.1) is 24.1 Å². The van der Waals surface area contributed by atoms with Crippen LogP contribution in [-0.2, 0) is 24.3 Å². The van der Waals surface area contributed by atoms with Crippen molar-refractivity contribution in [3.8, 4) is 0 Å². The normalized spacial score (nSPS) is 13.4. The van der Waals surface area contributed by atoms with E-state index in [0.717, 1.165) is 23.5 Å². The van der Waals surface area contributed by atoms with Crippen molar-refractivity contribution in [2.24, 2.45) is 0 Å². The minimum Gasteiger partial charge on any atom is -0.347 e. The van der Waals surface area contributed by atoms with Crippen LogP contribution in [0, 0.1) is 0 Å². The lowest BCUT2D eigenvalue weighted by atomic mass is 10.1. The third kappa shape index (κ3) is 4.42. The van der Waals surface area contributed by atoms with Crippen LogP contribution in [0.2, 0.25) is 0 Å². The number of aromatic nitrogens is 4. The van der Waals surface area contributed by atoms with Crippen LogP contribution >= 0.6 is 0 Å². The van der Waals surface area contributed by atoms with Gasteiger partial charge in [-0.05, 0) is 12.0 Å². The van der Waals surface area contributed by atoms with E-state index in [9.17, 15) is 9.59 Å². The van der Waals surface area contributed by atoms with Crippen molar-refractivity contribution in [3.05, 3.63) is 35.7 Å². The molecule has 1 aliphatic rings. The molecule has 0 radical (unpaired) electrons. The molecular weight excluding hydrogens is 346 g/mol. The zero-order chi connectivity index (χ0) is 19.6. The fourth-order valence-corrected chi connectivity index (χ4v) is 2.77. The van der Waals surface area contributed by atoms with Gasteiger partial charge < -0.3 is 15.1 Å². The van der Waals surface area contributed by atoms with E-state index in [1.807, 2.05) is 20.0 Å². The molecule has 27 heavy (non-hydrogen) atoms. The predicted octanol–water partition coefficient (Wildman–Crippen LogP) is 1.47. The van der Waals surface area contributed by atoms with Crippen LogP contribution < -0.4 is 5.32 Å². The molecule has 3 heterocycles. The van der Waals surface area contributed by atoms with Crippen LogP contribution in [0.15, 0.2) is 18.6 Å². The van der Waals surface area contributed by atoms with Crippen molar-refractivity contribution in [1.29, 1.82) is 0 Å². The Morgan fingerprint density at radius 2 is 2.07 bits per heavy atom. The van der Waals surface area contributed by atoms with E-state index in [0.29, 0.717) is 18.8 Å². The SMILES string of the molecule is CC(C)c1ncc2c(n1)CN(C(=O)Nc1cnn(CC(=O)N(C)C)c1)CC2. The minimum absolute atomic E-state index is 0.0655. The van der Waals surface area contributed by atoms with Crippen molar-refractivity contribution in [2.75, 3.05) is 26.0 Å². The lowest BCUT2D eigenvalue weighted by Gasteiger charge is -2.28. The van der Waals surface area contributed by atoms with Gasteiger partial charge in [0.2, 0.25) is 5.91 Å². The number of amides is 3. The van der Waals surface area contributed by atoms with Gasteiger partial charge in [0, 0.05) is 39.0 Å². The lowest BCUT2D eigenvalue weighted by molar-refractivity contribution is -0.129. The standard InChI is InChI=1S/C18H25N7O2/c1-12(2)17-19-7-13-5-6-24(10-15(13)22-17)18(27)21-14-8-20-25(9-14)11-16(26)23(3)4/h7-9,12H,5-6,10-11H2,1-4H3,(H,21,27). The molecule has 3 amide bonds. The zero-order valence-corrected chi connectivity index (χ0v) is 16.1. The fourth-order valence-electron chi connectivity index (χ4n) is 2.77. The summed E-state index contributed by atoms with van der Waals surface area (Å²) in [6.45, 7) is 5.30. The maximum atomic E-state index is 12.6. The number of rotatable bonds is 4.